The Morgan fingerprint density at radius 1 is 1.53 bits per heavy atom. The number of halogens is 2. The highest BCUT2D eigenvalue weighted by Gasteiger charge is 2.24. The molecule has 1 atom stereocenters. The summed E-state index contributed by atoms with van der Waals surface area (Å²) in [6.07, 6.45) is 2.86. The summed E-state index contributed by atoms with van der Waals surface area (Å²) in [6, 6.07) is 5.28. The van der Waals surface area contributed by atoms with Gasteiger partial charge in [-0.3, -0.25) is 4.79 Å². The van der Waals surface area contributed by atoms with E-state index in [9.17, 15) is 4.79 Å². The maximum Gasteiger partial charge on any atom is 0.253 e. The Labute approximate surface area is 126 Å². The van der Waals surface area contributed by atoms with Crippen molar-refractivity contribution < 1.29 is 9.90 Å². The second kappa shape index (κ2) is 6.73. The van der Waals surface area contributed by atoms with Gasteiger partial charge in [0.05, 0.1) is 5.02 Å². The minimum absolute atomic E-state index is 0.0250. The number of nitrogens with zero attached hydrogens (tertiary/aromatic N) is 1. The summed E-state index contributed by atoms with van der Waals surface area (Å²) in [5.74, 6) is 0.436. The third kappa shape index (κ3) is 3.71. The van der Waals surface area contributed by atoms with Crippen molar-refractivity contribution in [1.29, 1.82) is 0 Å². The van der Waals surface area contributed by atoms with Crippen LogP contribution in [0.2, 0.25) is 5.02 Å². The number of aliphatic hydroxyl groups is 1. The Bertz CT molecular complexity index is 465. The van der Waals surface area contributed by atoms with E-state index in [0.29, 0.717) is 16.5 Å². The highest BCUT2D eigenvalue weighted by molar-refractivity contribution is 9.10. The van der Waals surface area contributed by atoms with Gasteiger partial charge in [-0.15, -0.1) is 0 Å². The molecule has 0 saturated carbocycles. The van der Waals surface area contributed by atoms with E-state index < -0.39 is 0 Å². The molecule has 1 amide bonds. The van der Waals surface area contributed by atoms with Gasteiger partial charge in [0.15, 0.2) is 0 Å². The Balaban J connectivity index is 2.08. The number of carbonyl (C=O) groups is 1. The third-order valence-electron chi connectivity index (χ3n) is 3.51. The zero-order valence-electron chi connectivity index (χ0n) is 10.6. The van der Waals surface area contributed by atoms with Crippen molar-refractivity contribution in [3.63, 3.8) is 0 Å². The number of carbonyl (C=O) groups excluding carboxylic acids is 1. The van der Waals surface area contributed by atoms with Crippen LogP contribution in [-0.4, -0.2) is 35.6 Å². The number of aliphatic hydroxyl groups excluding tert-OH is 1. The van der Waals surface area contributed by atoms with Crippen LogP contribution < -0.4 is 0 Å². The van der Waals surface area contributed by atoms with Gasteiger partial charge in [-0.25, -0.2) is 0 Å². The van der Waals surface area contributed by atoms with Gasteiger partial charge in [-0.05, 0) is 59.3 Å². The van der Waals surface area contributed by atoms with Crippen molar-refractivity contribution in [2.75, 3.05) is 19.7 Å². The molecule has 1 fully saturated rings. The first-order valence-electron chi connectivity index (χ1n) is 6.47. The van der Waals surface area contributed by atoms with Crippen molar-refractivity contribution in [1.82, 2.24) is 4.90 Å². The Kier molecular flexibility index (Phi) is 5.25. The predicted octanol–water partition coefficient (Wildman–Crippen LogP) is 3.34. The van der Waals surface area contributed by atoms with Crippen LogP contribution in [-0.2, 0) is 0 Å². The lowest BCUT2D eigenvalue weighted by molar-refractivity contribution is 0.0653. The lowest BCUT2D eigenvalue weighted by Crippen LogP contribution is -2.40. The quantitative estimate of drug-likeness (QED) is 0.912. The number of hydrogen-bond donors (Lipinski definition) is 1. The molecule has 2 rings (SSSR count). The van der Waals surface area contributed by atoms with E-state index in [4.69, 9.17) is 16.7 Å². The molecule has 1 aromatic carbocycles. The topological polar surface area (TPSA) is 40.5 Å². The van der Waals surface area contributed by atoms with Crippen molar-refractivity contribution in [3.8, 4) is 0 Å². The van der Waals surface area contributed by atoms with E-state index in [1.807, 2.05) is 4.90 Å². The summed E-state index contributed by atoms with van der Waals surface area (Å²) in [7, 11) is 0. The van der Waals surface area contributed by atoms with Crippen LogP contribution in [0.1, 0.15) is 29.6 Å². The lowest BCUT2D eigenvalue weighted by atomic mass is 9.94. The summed E-state index contributed by atoms with van der Waals surface area (Å²) in [5.41, 5.74) is 0.623. The van der Waals surface area contributed by atoms with Crippen molar-refractivity contribution in [2.24, 2.45) is 5.92 Å². The fraction of sp³-hybridized carbons (Fsp3) is 0.500. The zero-order valence-corrected chi connectivity index (χ0v) is 13.0. The molecule has 0 aromatic heterocycles. The standard InChI is InChI=1S/C14H17BrClNO2/c15-12-4-3-11(8-13(12)16)14(19)17-6-1-2-10(9-17)5-7-18/h3-4,8,10,18H,1-2,5-7,9H2. The molecule has 1 N–H and O–H groups in total. The van der Waals surface area contributed by atoms with E-state index >= 15 is 0 Å². The zero-order chi connectivity index (χ0) is 13.8. The smallest absolute Gasteiger partial charge is 0.253 e. The van der Waals surface area contributed by atoms with Crippen LogP contribution in [0.5, 0.6) is 0 Å². The summed E-state index contributed by atoms with van der Waals surface area (Å²) in [6.45, 7) is 1.71. The second-order valence-electron chi connectivity index (χ2n) is 4.90. The molecule has 1 heterocycles. The van der Waals surface area contributed by atoms with Crippen LogP contribution in [0.4, 0.5) is 0 Å². The maximum absolute atomic E-state index is 12.4. The highest BCUT2D eigenvalue weighted by atomic mass is 79.9. The van der Waals surface area contributed by atoms with Gasteiger partial charge in [0.25, 0.3) is 5.91 Å². The molecule has 0 radical (unpaired) electrons. The lowest BCUT2D eigenvalue weighted by Gasteiger charge is -2.32. The molecular formula is C14H17BrClNO2. The summed E-state index contributed by atoms with van der Waals surface area (Å²) >= 11 is 9.34. The minimum Gasteiger partial charge on any atom is -0.396 e. The van der Waals surface area contributed by atoms with Gasteiger partial charge in [0.1, 0.15) is 0 Å². The molecule has 19 heavy (non-hydrogen) atoms. The van der Waals surface area contributed by atoms with Crippen molar-refractivity contribution >= 4 is 33.4 Å². The first-order chi connectivity index (χ1) is 9.11. The number of hydrogen-bond acceptors (Lipinski definition) is 2. The van der Waals surface area contributed by atoms with Gasteiger partial charge in [0, 0.05) is 29.7 Å². The first-order valence-corrected chi connectivity index (χ1v) is 7.64. The van der Waals surface area contributed by atoms with Gasteiger partial charge in [0.2, 0.25) is 0 Å². The molecule has 0 spiro atoms. The van der Waals surface area contributed by atoms with Crippen molar-refractivity contribution in [2.45, 2.75) is 19.3 Å². The number of benzene rings is 1. The normalized spacial score (nSPS) is 19.5. The monoisotopic (exact) mass is 345 g/mol. The largest absolute Gasteiger partial charge is 0.396 e. The molecule has 1 aromatic rings. The highest BCUT2D eigenvalue weighted by Crippen LogP contribution is 2.25. The average molecular weight is 347 g/mol. The molecule has 0 bridgehead atoms. The van der Waals surface area contributed by atoms with E-state index in [0.717, 1.165) is 36.8 Å². The predicted molar refractivity (Wildman–Crippen MR) is 79.5 cm³/mol. The molecule has 1 unspecified atom stereocenters. The van der Waals surface area contributed by atoms with Gasteiger partial charge in [-0.1, -0.05) is 11.6 Å². The molecule has 5 heteroatoms. The minimum atomic E-state index is 0.0250. The number of likely N-dealkylation sites (tertiary alicyclic amines) is 1. The number of rotatable bonds is 3. The number of piperidine rings is 1. The van der Waals surface area contributed by atoms with E-state index in [-0.39, 0.29) is 12.5 Å². The summed E-state index contributed by atoms with van der Waals surface area (Å²) in [4.78, 5) is 14.3. The van der Waals surface area contributed by atoms with E-state index in [2.05, 4.69) is 15.9 Å². The average Bonchev–Trinajstić information content (AvgIpc) is 2.42. The van der Waals surface area contributed by atoms with Crippen molar-refractivity contribution in [3.05, 3.63) is 33.3 Å². The fourth-order valence-electron chi connectivity index (χ4n) is 2.48. The van der Waals surface area contributed by atoms with Crippen LogP contribution in [0, 0.1) is 5.92 Å². The molecule has 1 aliphatic heterocycles. The molecular weight excluding hydrogens is 330 g/mol. The molecule has 1 aliphatic rings. The molecule has 1 saturated heterocycles. The van der Waals surface area contributed by atoms with Crippen LogP contribution >= 0.6 is 27.5 Å². The molecule has 3 nitrogen and oxygen atoms in total. The summed E-state index contributed by atoms with van der Waals surface area (Å²) < 4.78 is 0.794. The van der Waals surface area contributed by atoms with Gasteiger partial charge in [-0.2, -0.15) is 0 Å². The summed E-state index contributed by atoms with van der Waals surface area (Å²) in [5, 5.41) is 9.55. The first kappa shape index (κ1) is 14.8. The van der Waals surface area contributed by atoms with E-state index in [1.165, 1.54) is 0 Å². The number of amides is 1. The third-order valence-corrected chi connectivity index (χ3v) is 4.74. The Morgan fingerprint density at radius 3 is 3.00 bits per heavy atom. The Morgan fingerprint density at radius 2 is 2.32 bits per heavy atom. The van der Waals surface area contributed by atoms with Crippen LogP contribution in [0.25, 0.3) is 0 Å². The second-order valence-corrected chi connectivity index (χ2v) is 6.16. The Hall–Kier alpha value is -0.580. The molecule has 104 valence electrons. The maximum atomic E-state index is 12.4. The van der Waals surface area contributed by atoms with E-state index in [1.54, 1.807) is 18.2 Å². The van der Waals surface area contributed by atoms with Crippen LogP contribution in [0.15, 0.2) is 22.7 Å². The van der Waals surface area contributed by atoms with Crippen LogP contribution in [0.3, 0.4) is 0 Å². The fourth-order valence-corrected chi connectivity index (χ4v) is 2.91. The SMILES string of the molecule is O=C(c1ccc(Br)c(Cl)c1)N1CCCC(CCO)C1. The van der Waals surface area contributed by atoms with Gasteiger partial charge >= 0.3 is 0 Å². The molecule has 0 aliphatic carbocycles. The van der Waals surface area contributed by atoms with Gasteiger partial charge < -0.3 is 10.0 Å².